The number of halogens is 7. The molecule has 1 atom stereocenters. The zero-order chi connectivity index (χ0) is 19.5. The maximum Gasteiger partial charge on any atom is 0.416 e. The smallest absolute Gasteiger partial charge is 0.314 e. The Kier molecular flexibility index (Phi) is 6.55. The summed E-state index contributed by atoms with van der Waals surface area (Å²) in [6, 6.07) is -0.707. The quantitative estimate of drug-likeness (QED) is 0.717. The Morgan fingerprint density at radius 1 is 1.04 bits per heavy atom. The highest BCUT2D eigenvalue weighted by molar-refractivity contribution is 5.39. The molecular formula is C17H21F7N2. The molecule has 0 aliphatic carbocycles. The van der Waals surface area contributed by atoms with Gasteiger partial charge in [-0.15, -0.1) is 0 Å². The van der Waals surface area contributed by atoms with Gasteiger partial charge in [0, 0.05) is 37.8 Å². The van der Waals surface area contributed by atoms with Gasteiger partial charge in [-0.3, -0.25) is 4.90 Å². The second kappa shape index (κ2) is 8.12. The van der Waals surface area contributed by atoms with Gasteiger partial charge in [-0.05, 0) is 18.6 Å². The first-order valence-electron chi connectivity index (χ1n) is 8.48. The van der Waals surface area contributed by atoms with Crippen molar-refractivity contribution in [3.63, 3.8) is 0 Å². The molecule has 1 N–H and O–H groups in total. The highest BCUT2D eigenvalue weighted by atomic mass is 19.4. The molecule has 0 aromatic heterocycles. The number of rotatable bonds is 5. The predicted molar refractivity (Wildman–Crippen MR) is 83.1 cm³/mol. The first-order chi connectivity index (χ1) is 12.1. The molecule has 2 nitrogen and oxygen atoms in total. The molecule has 1 aromatic rings. The Bertz CT molecular complexity index is 604. The molecule has 26 heavy (non-hydrogen) atoms. The first-order valence-corrected chi connectivity index (χ1v) is 8.48. The molecule has 1 fully saturated rings. The Morgan fingerprint density at radius 2 is 1.65 bits per heavy atom. The van der Waals surface area contributed by atoms with E-state index in [9.17, 15) is 30.7 Å². The monoisotopic (exact) mass is 386 g/mol. The molecule has 0 radical (unpaired) electrons. The van der Waals surface area contributed by atoms with Crippen molar-refractivity contribution in [1.82, 2.24) is 10.2 Å². The molecule has 0 unspecified atom stereocenters. The van der Waals surface area contributed by atoms with Crippen LogP contribution in [0.25, 0.3) is 0 Å². The standard InChI is InChI=1S/C17H21F7N2/c1-2-3-4-14(26-7-5-25-6-8-26)15-12(17(22,23)24)9-11(10-13(15)18)16(19,20)21/h9-10,14,25H,2-8H2,1H3/t14-/m1/s1. The lowest BCUT2D eigenvalue weighted by Gasteiger charge is -2.36. The van der Waals surface area contributed by atoms with E-state index in [0.29, 0.717) is 39.0 Å². The topological polar surface area (TPSA) is 15.3 Å². The lowest BCUT2D eigenvalue weighted by molar-refractivity contribution is -0.144. The van der Waals surface area contributed by atoms with Crippen molar-refractivity contribution < 1.29 is 30.7 Å². The molecule has 0 amide bonds. The highest BCUT2D eigenvalue weighted by Gasteiger charge is 2.42. The summed E-state index contributed by atoms with van der Waals surface area (Å²) in [6.45, 7) is 3.74. The zero-order valence-electron chi connectivity index (χ0n) is 14.3. The van der Waals surface area contributed by atoms with E-state index in [1.54, 1.807) is 4.90 Å². The van der Waals surface area contributed by atoms with Gasteiger partial charge >= 0.3 is 12.4 Å². The van der Waals surface area contributed by atoms with Gasteiger partial charge in [0.05, 0.1) is 11.1 Å². The molecule has 1 aliphatic heterocycles. The Morgan fingerprint density at radius 3 is 2.15 bits per heavy atom. The van der Waals surface area contributed by atoms with E-state index in [4.69, 9.17) is 0 Å². The third-order valence-corrected chi connectivity index (χ3v) is 4.52. The third-order valence-electron chi connectivity index (χ3n) is 4.52. The summed E-state index contributed by atoms with van der Waals surface area (Å²) in [5.41, 5.74) is -3.84. The summed E-state index contributed by atoms with van der Waals surface area (Å²) in [4.78, 5) is 1.72. The normalized spacial score (nSPS) is 18.2. The summed E-state index contributed by atoms with van der Waals surface area (Å²) in [5, 5.41) is 3.06. The molecule has 0 spiro atoms. The number of nitrogens with zero attached hydrogens (tertiary/aromatic N) is 1. The van der Waals surface area contributed by atoms with E-state index in [-0.39, 0.29) is 18.6 Å². The van der Waals surface area contributed by atoms with Gasteiger partial charge in [0.25, 0.3) is 0 Å². The van der Waals surface area contributed by atoms with Crippen LogP contribution in [-0.4, -0.2) is 31.1 Å². The number of benzene rings is 1. The molecule has 0 saturated carbocycles. The minimum Gasteiger partial charge on any atom is -0.314 e. The Balaban J connectivity index is 2.58. The van der Waals surface area contributed by atoms with E-state index in [1.807, 2.05) is 6.92 Å². The van der Waals surface area contributed by atoms with Crippen molar-refractivity contribution in [3.8, 4) is 0 Å². The highest BCUT2D eigenvalue weighted by Crippen LogP contribution is 2.43. The molecule has 1 aromatic carbocycles. The Hall–Kier alpha value is -1.35. The van der Waals surface area contributed by atoms with E-state index in [0.717, 1.165) is 0 Å². The minimum atomic E-state index is -5.07. The summed E-state index contributed by atoms with van der Waals surface area (Å²) in [7, 11) is 0. The lowest BCUT2D eigenvalue weighted by Crippen LogP contribution is -2.45. The number of unbranched alkanes of at least 4 members (excludes halogenated alkanes) is 1. The van der Waals surface area contributed by atoms with Crippen LogP contribution in [0.5, 0.6) is 0 Å². The summed E-state index contributed by atoms with van der Waals surface area (Å²) in [5.74, 6) is -1.45. The van der Waals surface area contributed by atoms with E-state index in [2.05, 4.69) is 5.32 Å². The van der Waals surface area contributed by atoms with Crippen molar-refractivity contribution in [3.05, 3.63) is 34.6 Å². The number of hydrogen-bond donors (Lipinski definition) is 1. The van der Waals surface area contributed by atoms with Crippen LogP contribution in [0.4, 0.5) is 30.7 Å². The third kappa shape index (κ3) is 4.88. The fourth-order valence-corrected chi connectivity index (χ4v) is 3.26. The van der Waals surface area contributed by atoms with Gasteiger partial charge in [0.1, 0.15) is 5.82 Å². The second-order valence-corrected chi connectivity index (χ2v) is 6.36. The molecule has 9 heteroatoms. The van der Waals surface area contributed by atoms with Crippen molar-refractivity contribution in [2.75, 3.05) is 26.2 Å². The number of piperazine rings is 1. The molecule has 0 bridgehead atoms. The van der Waals surface area contributed by atoms with Gasteiger partial charge < -0.3 is 5.32 Å². The van der Waals surface area contributed by atoms with Crippen LogP contribution >= 0.6 is 0 Å². The molecule has 1 saturated heterocycles. The van der Waals surface area contributed by atoms with Crippen molar-refractivity contribution >= 4 is 0 Å². The van der Waals surface area contributed by atoms with Gasteiger partial charge in [0.15, 0.2) is 0 Å². The van der Waals surface area contributed by atoms with E-state index >= 15 is 0 Å². The number of alkyl halides is 6. The van der Waals surface area contributed by atoms with Crippen molar-refractivity contribution in [1.29, 1.82) is 0 Å². The van der Waals surface area contributed by atoms with E-state index in [1.165, 1.54) is 0 Å². The largest absolute Gasteiger partial charge is 0.416 e. The first kappa shape index (κ1) is 21.0. The number of nitrogens with one attached hydrogen (secondary N) is 1. The number of hydrogen-bond acceptors (Lipinski definition) is 2. The average Bonchev–Trinajstić information content (AvgIpc) is 2.55. The molecule has 1 heterocycles. The molecule has 2 rings (SSSR count). The van der Waals surface area contributed by atoms with Crippen LogP contribution in [-0.2, 0) is 12.4 Å². The van der Waals surface area contributed by atoms with E-state index < -0.39 is 40.9 Å². The van der Waals surface area contributed by atoms with Crippen molar-refractivity contribution in [2.45, 2.75) is 44.6 Å². The second-order valence-electron chi connectivity index (χ2n) is 6.36. The van der Waals surface area contributed by atoms with Gasteiger partial charge in [-0.25, -0.2) is 4.39 Å². The maximum atomic E-state index is 14.6. The molecular weight excluding hydrogens is 365 g/mol. The lowest BCUT2D eigenvalue weighted by atomic mass is 9.91. The fraction of sp³-hybridized carbons (Fsp3) is 0.647. The van der Waals surface area contributed by atoms with Crippen molar-refractivity contribution in [2.24, 2.45) is 0 Å². The van der Waals surface area contributed by atoms with Crippen LogP contribution < -0.4 is 5.32 Å². The fourth-order valence-electron chi connectivity index (χ4n) is 3.26. The van der Waals surface area contributed by atoms with Gasteiger partial charge in [0.2, 0.25) is 0 Å². The Labute approximate surface area is 147 Å². The summed E-state index contributed by atoms with van der Waals surface area (Å²) in [6.07, 6.45) is -8.64. The predicted octanol–water partition coefficient (Wildman–Crippen LogP) is 5.00. The van der Waals surface area contributed by atoms with Gasteiger partial charge in [-0.1, -0.05) is 19.8 Å². The average molecular weight is 386 g/mol. The molecule has 148 valence electrons. The maximum absolute atomic E-state index is 14.6. The van der Waals surface area contributed by atoms with Crippen LogP contribution in [0, 0.1) is 5.82 Å². The van der Waals surface area contributed by atoms with Crippen LogP contribution in [0.15, 0.2) is 12.1 Å². The molecule has 1 aliphatic rings. The SMILES string of the molecule is CCCC[C@H](c1c(F)cc(C(F)(F)F)cc1C(F)(F)F)N1CCNCC1. The van der Waals surface area contributed by atoms with Crippen LogP contribution in [0.2, 0.25) is 0 Å². The summed E-state index contributed by atoms with van der Waals surface area (Å²) < 4.78 is 93.6. The zero-order valence-corrected chi connectivity index (χ0v) is 14.3. The van der Waals surface area contributed by atoms with Crippen LogP contribution in [0.3, 0.4) is 0 Å². The minimum absolute atomic E-state index is 0.0273. The van der Waals surface area contributed by atoms with Gasteiger partial charge in [-0.2, -0.15) is 26.3 Å². The van der Waals surface area contributed by atoms with Crippen LogP contribution in [0.1, 0.15) is 48.9 Å². The summed E-state index contributed by atoms with van der Waals surface area (Å²) >= 11 is 0.